The lowest BCUT2D eigenvalue weighted by molar-refractivity contribution is -0.384. The van der Waals surface area contributed by atoms with Crippen molar-refractivity contribution in [3.05, 3.63) is 69.4 Å². The van der Waals surface area contributed by atoms with Crippen LogP contribution in [0.4, 0.5) is 5.69 Å². The highest BCUT2D eigenvalue weighted by molar-refractivity contribution is 6.05. The lowest BCUT2D eigenvalue weighted by Crippen LogP contribution is -2.27. The first-order valence-corrected chi connectivity index (χ1v) is 7.45. The van der Waals surface area contributed by atoms with Gasteiger partial charge < -0.3 is 5.32 Å². The minimum absolute atomic E-state index is 0.0791. The van der Waals surface area contributed by atoms with E-state index in [1.807, 2.05) is 38.1 Å². The standard InChI is InChI=1S/C17H16N4O3/c1-10-3-5-12(6-4-10)11(2)18-17(22)16-14-9-13(21(23)24)7-8-15(14)19-20-16/h3-9,11H,1-2H3,(H,18,22)(H,19,20). The number of aryl methyl sites for hydroxylation is 1. The molecule has 0 fully saturated rings. The Hall–Kier alpha value is -3.22. The summed E-state index contributed by atoms with van der Waals surface area (Å²) in [6.07, 6.45) is 0. The summed E-state index contributed by atoms with van der Waals surface area (Å²) >= 11 is 0. The van der Waals surface area contributed by atoms with Gasteiger partial charge in [-0.1, -0.05) is 29.8 Å². The largest absolute Gasteiger partial charge is 0.344 e. The summed E-state index contributed by atoms with van der Waals surface area (Å²) in [5.74, 6) is -0.380. The van der Waals surface area contributed by atoms with Crippen LogP contribution < -0.4 is 5.32 Å². The van der Waals surface area contributed by atoms with Gasteiger partial charge in [0.2, 0.25) is 0 Å². The van der Waals surface area contributed by atoms with Crippen molar-refractivity contribution >= 4 is 22.5 Å². The molecule has 1 atom stereocenters. The third kappa shape index (κ3) is 2.96. The van der Waals surface area contributed by atoms with E-state index >= 15 is 0 Å². The van der Waals surface area contributed by atoms with Gasteiger partial charge in [0.25, 0.3) is 11.6 Å². The SMILES string of the molecule is Cc1ccc(C(C)NC(=O)c2n[nH]c3ccc([N+](=O)[O-])cc23)cc1. The summed E-state index contributed by atoms with van der Waals surface area (Å²) in [5.41, 5.74) is 2.76. The zero-order valence-corrected chi connectivity index (χ0v) is 13.2. The number of nitro benzene ring substituents is 1. The van der Waals surface area contributed by atoms with E-state index in [-0.39, 0.29) is 23.3 Å². The Morgan fingerprint density at radius 1 is 1.25 bits per heavy atom. The van der Waals surface area contributed by atoms with Crippen LogP contribution in [0.5, 0.6) is 0 Å². The van der Waals surface area contributed by atoms with Crippen LogP contribution in [0.3, 0.4) is 0 Å². The number of aromatic amines is 1. The highest BCUT2D eigenvalue weighted by atomic mass is 16.6. The molecule has 7 heteroatoms. The highest BCUT2D eigenvalue weighted by Crippen LogP contribution is 2.23. The summed E-state index contributed by atoms with van der Waals surface area (Å²) in [6.45, 7) is 3.87. The molecular formula is C17H16N4O3. The number of amides is 1. The maximum atomic E-state index is 12.5. The lowest BCUT2D eigenvalue weighted by Gasteiger charge is -2.13. The molecule has 1 amide bonds. The first-order chi connectivity index (χ1) is 11.5. The van der Waals surface area contributed by atoms with Crippen LogP contribution in [0, 0.1) is 17.0 Å². The van der Waals surface area contributed by atoms with Crippen molar-refractivity contribution in [2.24, 2.45) is 0 Å². The minimum atomic E-state index is -0.497. The molecule has 1 unspecified atom stereocenters. The average Bonchev–Trinajstić information content (AvgIpc) is 2.98. The number of nitro groups is 1. The Balaban J connectivity index is 1.87. The lowest BCUT2D eigenvalue weighted by atomic mass is 10.1. The van der Waals surface area contributed by atoms with Crippen LogP contribution in [0.1, 0.15) is 34.6 Å². The number of fused-ring (bicyclic) bond motifs is 1. The van der Waals surface area contributed by atoms with E-state index in [0.29, 0.717) is 10.9 Å². The second-order valence-corrected chi connectivity index (χ2v) is 5.67. The number of carbonyl (C=O) groups is 1. The van der Waals surface area contributed by atoms with E-state index in [2.05, 4.69) is 15.5 Å². The molecule has 0 saturated carbocycles. The predicted molar refractivity (Wildman–Crippen MR) is 89.8 cm³/mol. The Labute approximate surface area is 137 Å². The number of nitrogens with zero attached hydrogens (tertiary/aromatic N) is 2. The Morgan fingerprint density at radius 2 is 1.96 bits per heavy atom. The zero-order chi connectivity index (χ0) is 17.3. The van der Waals surface area contributed by atoms with Crippen LogP contribution in [0.2, 0.25) is 0 Å². The van der Waals surface area contributed by atoms with Crippen molar-refractivity contribution in [2.75, 3.05) is 0 Å². The van der Waals surface area contributed by atoms with E-state index in [1.54, 1.807) is 6.07 Å². The smallest absolute Gasteiger partial charge is 0.272 e. The zero-order valence-electron chi connectivity index (χ0n) is 13.2. The van der Waals surface area contributed by atoms with Gasteiger partial charge in [-0.25, -0.2) is 0 Å². The van der Waals surface area contributed by atoms with E-state index in [4.69, 9.17) is 0 Å². The average molecular weight is 324 g/mol. The van der Waals surface area contributed by atoms with Gasteiger partial charge in [-0.3, -0.25) is 20.0 Å². The molecule has 0 spiro atoms. The maximum Gasteiger partial charge on any atom is 0.272 e. The number of benzene rings is 2. The molecule has 0 radical (unpaired) electrons. The molecule has 122 valence electrons. The van der Waals surface area contributed by atoms with Crippen LogP contribution in [-0.4, -0.2) is 21.0 Å². The number of hydrogen-bond acceptors (Lipinski definition) is 4. The number of hydrogen-bond donors (Lipinski definition) is 2. The second-order valence-electron chi connectivity index (χ2n) is 5.67. The molecule has 1 heterocycles. The summed E-state index contributed by atoms with van der Waals surface area (Å²) in [7, 11) is 0. The molecule has 2 aromatic carbocycles. The molecule has 0 bridgehead atoms. The molecule has 0 aliphatic heterocycles. The van der Waals surface area contributed by atoms with Crippen molar-refractivity contribution < 1.29 is 9.72 Å². The molecule has 0 saturated heterocycles. The molecule has 3 aromatic rings. The molecule has 1 aromatic heterocycles. The predicted octanol–water partition coefficient (Wildman–Crippen LogP) is 3.27. The summed E-state index contributed by atoms with van der Waals surface area (Å²) in [6, 6.07) is 11.9. The van der Waals surface area contributed by atoms with Gasteiger partial charge in [-0.05, 0) is 25.5 Å². The molecule has 0 aliphatic rings. The van der Waals surface area contributed by atoms with Gasteiger partial charge in [-0.15, -0.1) is 0 Å². The topological polar surface area (TPSA) is 101 Å². The minimum Gasteiger partial charge on any atom is -0.344 e. The molecule has 7 nitrogen and oxygen atoms in total. The fraction of sp³-hybridized carbons (Fsp3) is 0.176. The number of carbonyl (C=O) groups excluding carboxylic acids is 1. The van der Waals surface area contributed by atoms with Crippen molar-refractivity contribution in [3.63, 3.8) is 0 Å². The van der Waals surface area contributed by atoms with Crippen LogP contribution in [0.25, 0.3) is 10.9 Å². The summed E-state index contributed by atoms with van der Waals surface area (Å²) in [5, 5.41) is 20.9. The van der Waals surface area contributed by atoms with Crippen molar-refractivity contribution in [1.82, 2.24) is 15.5 Å². The fourth-order valence-electron chi connectivity index (χ4n) is 2.49. The summed E-state index contributed by atoms with van der Waals surface area (Å²) < 4.78 is 0. The number of non-ortho nitro benzene ring substituents is 1. The molecular weight excluding hydrogens is 308 g/mol. The van der Waals surface area contributed by atoms with Gasteiger partial charge in [0.1, 0.15) is 0 Å². The van der Waals surface area contributed by atoms with Gasteiger partial charge in [-0.2, -0.15) is 5.10 Å². The third-order valence-corrected chi connectivity index (χ3v) is 3.90. The molecule has 2 N–H and O–H groups in total. The maximum absolute atomic E-state index is 12.5. The molecule has 24 heavy (non-hydrogen) atoms. The van der Waals surface area contributed by atoms with Crippen LogP contribution in [-0.2, 0) is 0 Å². The van der Waals surface area contributed by atoms with Gasteiger partial charge in [0, 0.05) is 17.5 Å². The number of H-pyrrole nitrogens is 1. The Bertz CT molecular complexity index is 915. The first-order valence-electron chi connectivity index (χ1n) is 7.45. The highest BCUT2D eigenvalue weighted by Gasteiger charge is 2.19. The Morgan fingerprint density at radius 3 is 2.62 bits per heavy atom. The van der Waals surface area contributed by atoms with Gasteiger partial charge in [0.05, 0.1) is 16.5 Å². The van der Waals surface area contributed by atoms with Gasteiger partial charge in [0.15, 0.2) is 5.69 Å². The van der Waals surface area contributed by atoms with Crippen molar-refractivity contribution in [2.45, 2.75) is 19.9 Å². The number of nitrogens with one attached hydrogen (secondary N) is 2. The van der Waals surface area contributed by atoms with Gasteiger partial charge >= 0.3 is 0 Å². The quantitative estimate of drug-likeness (QED) is 0.568. The summed E-state index contributed by atoms with van der Waals surface area (Å²) in [4.78, 5) is 22.9. The van der Waals surface area contributed by atoms with E-state index in [9.17, 15) is 14.9 Å². The first kappa shape index (κ1) is 15.7. The van der Waals surface area contributed by atoms with E-state index in [0.717, 1.165) is 11.1 Å². The fourth-order valence-corrected chi connectivity index (χ4v) is 2.49. The monoisotopic (exact) mass is 324 g/mol. The van der Waals surface area contributed by atoms with Crippen molar-refractivity contribution in [3.8, 4) is 0 Å². The second kappa shape index (κ2) is 6.11. The molecule has 3 rings (SSSR count). The van der Waals surface area contributed by atoms with E-state index < -0.39 is 4.92 Å². The number of rotatable bonds is 4. The number of aromatic nitrogens is 2. The van der Waals surface area contributed by atoms with Crippen LogP contribution >= 0.6 is 0 Å². The normalized spacial score (nSPS) is 12.1. The Kier molecular flexibility index (Phi) is 3.99. The molecule has 0 aliphatic carbocycles. The van der Waals surface area contributed by atoms with Crippen LogP contribution in [0.15, 0.2) is 42.5 Å². The van der Waals surface area contributed by atoms with E-state index in [1.165, 1.54) is 12.1 Å². The van der Waals surface area contributed by atoms with Crippen molar-refractivity contribution in [1.29, 1.82) is 0 Å². The third-order valence-electron chi connectivity index (χ3n) is 3.90.